The summed E-state index contributed by atoms with van der Waals surface area (Å²) in [5.74, 6) is 1.59. The molecule has 0 spiro atoms. The van der Waals surface area contributed by atoms with Crippen LogP contribution in [0.1, 0.15) is 27.0 Å². The molecule has 0 atom stereocenters. The van der Waals surface area contributed by atoms with Gasteiger partial charge in [0.25, 0.3) is 5.91 Å². The lowest BCUT2D eigenvalue weighted by Crippen LogP contribution is -2.30. The molecule has 1 amide bonds. The van der Waals surface area contributed by atoms with Crippen LogP contribution in [0.5, 0.6) is 5.75 Å². The summed E-state index contributed by atoms with van der Waals surface area (Å²) >= 11 is 1.57. The lowest BCUT2D eigenvalue weighted by molar-refractivity contribution is 0.0773. The van der Waals surface area contributed by atoms with Gasteiger partial charge in [0.05, 0.1) is 6.54 Å². The van der Waals surface area contributed by atoms with Gasteiger partial charge in [-0.1, -0.05) is 30.0 Å². The predicted octanol–water partition coefficient (Wildman–Crippen LogP) is 3.86. The predicted molar refractivity (Wildman–Crippen MR) is 111 cm³/mol. The molecular weight excluding hydrogens is 372 g/mol. The molecule has 0 bridgehead atoms. The molecule has 6 nitrogen and oxygen atoms in total. The van der Waals surface area contributed by atoms with Crippen LogP contribution in [-0.4, -0.2) is 46.2 Å². The summed E-state index contributed by atoms with van der Waals surface area (Å²) in [6, 6.07) is 13.8. The maximum atomic E-state index is 12.6. The number of ether oxygens (including phenoxy) is 1. The minimum absolute atomic E-state index is 0.0153. The summed E-state index contributed by atoms with van der Waals surface area (Å²) in [5.41, 5.74) is 4.13. The van der Waals surface area contributed by atoms with Crippen LogP contribution in [0.4, 0.5) is 0 Å². The number of hydrogen-bond acceptors (Lipinski definition) is 5. The zero-order chi connectivity index (χ0) is 19.9. The molecule has 1 aromatic heterocycles. The average molecular weight is 397 g/mol. The smallest absolute Gasteiger partial charge is 0.253 e. The number of likely N-dealkylation sites (N-methyl/N-ethyl adjacent to an activating group) is 1. The highest BCUT2D eigenvalue weighted by Gasteiger charge is 2.12. The second-order valence-electron chi connectivity index (χ2n) is 6.67. The van der Waals surface area contributed by atoms with Crippen LogP contribution in [0.25, 0.3) is 0 Å². The maximum absolute atomic E-state index is 12.6. The number of carbonyl (C=O) groups excluding carboxylic acids is 1. The molecule has 0 radical (unpaired) electrons. The van der Waals surface area contributed by atoms with E-state index < -0.39 is 0 Å². The molecule has 0 aliphatic heterocycles. The van der Waals surface area contributed by atoms with Crippen LogP contribution in [0.3, 0.4) is 0 Å². The van der Waals surface area contributed by atoms with E-state index in [1.54, 1.807) is 23.7 Å². The Hall–Kier alpha value is -2.80. The number of aromatic nitrogens is 3. The van der Waals surface area contributed by atoms with E-state index in [9.17, 15) is 4.79 Å². The van der Waals surface area contributed by atoms with Crippen molar-refractivity contribution in [2.75, 3.05) is 20.2 Å². The fraction of sp³-hybridized carbons (Fsp3) is 0.286. The van der Waals surface area contributed by atoms with Crippen LogP contribution in [0.15, 0.2) is 53.9 Å². The molecule has 146 valence electrons. The Balaban J connectivity index is 1.48. The number of carbonyl (C=O) groups is 1. The van der Waals surface area contributed by atoms with Crippen molar-refractivity contribution >= 4 is 17.7 Å². The second-order valence-corrected chi connectivity index (χ2v) is 7.64. The molecule has 2 aromatic carbocycles. The second kappa shape index (κ2) is 9.41. The summed E-state index contributed by atoms with van der Waals surface area (Å²) in [5, 5.41) is 7.43. The minimum Gasteiger partial charge on any atom is -0.492 e. The van der Waals surface area contributed by atoms with Crippen molar-refractivity contribution in [3.63, 3.8) is 0 Å². The van der Waals surface area contributed by atoms with Gasteiger partial charge in [0.1, 0.15) is 18.7 Å². The fourth-order valence-electron chi connectivity index (χ4n) is 2.80. The van der Waals surface area contributed by atoms with Gasteiger partial charge in [0.2, 0.25) is 0 Å². The van der Waals surface area contributed by atoms with Crippen molar-refractivity contribution in [1.82, 2.24) is 20.1 Å². The first kappa shape index (κ1) is 19.9. The Labute approximate surface area is 169 Å². The third-order valence-electron chi connectivity index (χ3n) is 4.21. The van der Waals surface area contributed by atoms with E-state index in [0.29, 0.717) is 18.7 Å². The third-order valence-corrected chi connectivity index (χ3v) is 5.15. The third kappa shape index (κ3) is 5.60. The first-order valence-corrected chi connectivity index (χ1v) is 10.0. The first-order valence-electron chi connectivity index (χ1n) is 9.05. The molecular formula is C21H24N4O2S. The van der Waals surface area contributed by atoms with Crippen LogP contribution in [0, 0.1) is 13.8 Å². The van der Waals surface area contributed by atoms with Crippen LogP contribution in [-0.2, 0) is 5.75 Å². The van der Waals surface area contributed by atoms with Crippen molar-refractivity contribution in [2.24, 2.45) is 0 Å². The Kier molecular flexibility index (Phi) is 6.71. The molecule has 1 N–H and O–H groups in total. The normalized spacial score (nSPS) is 10.7. The van der Waals surface area contributed by atoms with E-state index in [0.717, 1.165) is 22.2 Å². The molecule has 7 heteroatoms. The number of nitrogens with one attached hydrogen (secondary N) is 1. The Morgan fingerprint density at radius 3 is 2.50 bits per heavy atom. The van der Waals surface area contributed by atoms with Gasteiger partial charge in [-0.05, 0) is 54.8 Å². The molecule has 0 fully saturated rings. The van der Waals surface area contributed by atoms with E-state index in [1.165, 1.54) is 17.5 Å². The van der Waals surface area contributed by atoms with Crippen molar-refractivity contribution in [1.29, 1.82) is 0 Å². The largest absolute Gasteiger partial charge is 0.492 e. The minimum atomic E-state index is -0.0153. The maximum Gasteiger partial charge on any atom is 0.253 e. The zero-order valence-electron chi connectivity index (χ0n) is 16.3. The Morgan fingerprint density at radius 2 is 1.86 bits per heavy atom. The molecule has 28 heavy (non-hydrogen) atoms. The van der Waals surface area contributed by atoms with Gasteiger partial charge in [-0.15, -0.1) is 0 Å². The summed E-state index contributed by atoms with van der Waals surface area (Å²) in [7, 11) is 1.79. The lowest BCUT2D eigenvalue weighted by Gasteiger charge is -2.18. The molecule has 3 rings (SSSR count). The van der Waals surface area contributed by atoms with Crippen molar-refractivity contribution in [2.45, 2.75) is 24.8 Å². The van der Waals surface area contributed by atoms with Crippen LogP contribution < -0.4 is 4.74 Å². The summed E-state index contributed by atoms with van der Waals surface area (Å²) in [6.07, 6.45) is 1.49. The fourth-order valence-corrected chi connectivity index (χ4v) is 3.53. The monoisotopic (exact) mass is 396 g/mol. The number of aromatic amines is 1. The van der Waals surface area contributed by atoms with E-state index in [-0.39, 0.29) is 5.91 Å². The number of hydrogen-bond donors (Lipinski definition) is 1. The quantitative estimate of drug-likeness (QED) is 0.586. The number of rotatable bonds is 8. The van der Waals surface area contributed by atoms with Gasteiger partial charge in [0, 0.05) is 18.4 Å². The molecule has 0 saturated carbocycles. The van der Waals surface area contributed by atoms with Gasteiger partial charge in [-0.25, -0.2) is 4.98 Å². The van der Waals surface area contributed by atoms with Crippen molar-refractivity contribution in [3.05, 3.63) is 71.0 Å². The van der Waals surface area contributed by atoms with Crippen molar-refractivity contribution < 1.29 is 9.53 Å². The highest BCUT2D eigenvalue weighted by Crippen LogP contribution is 2.19. The SMILES string of the molecule is Cc1cc(C)cc(OCCN(C)C(=O)c2ccc(CSc3ncn[nH]3)cc2)c1. The average Bonchev–Trinajstić information content (AvgIpc) is 3.19. The molecule has 0 saturated heterocycles. The molecule has 3 aromatic rings. The van der Waals surface area contributed by atoms with Gasteiger partial charge in [0.15, 0.2) is 5.16 Å². The van der Waals surface area contributed by atoms with E-state index in [4.69, 9.17) is 4.74 Å². The van der Waals surface area contributed by atoms with Crippen molar-refractivity contribution in [3.8, 4) is 5.75 Å². The van der Waals surface area contributed by atoms with Gasteiger partial charge < -0.3 is 9.64 Å². The highest BCUT2D eigenvalue weighted by molar-refractivity contribution is 7.98. The van der Waals surface area contributed by atoms with Gasteiger partial charge in [-0.2, -0.15) is 5.10 Å². The van der Waals surface area contributed by atoms with E-state index in [2.05, 4.69) is 21.2 Å². The zero-order valence-corrected chi connectivity index (χ0v) is 17.1. The standard InChI is InChI=1S/C21H24N4O2S/c1-15-10-16(2)12-19(11-15)27-9-8-25(3)20(26)18-6-4-17(5-7-18)13-28-21-22-14-23-24-21/h4-7,10-12,14H,8-9,13H2,1-3H3,(H,22,23,24). The van der Waals surface area contributed by atoms with Gasteiger partial charge in [-0.3, -0.25) is 9.89 Å². The highest BCUT2D eigenvalue weighted by atomic mass is 32.2. The molecule has 0 unspecified atom stereocenters. The summed E-state index contributed by atoms with van der Waals surface area (Å²) < 4.78 is 5.80. The topological polar surface area (TPSA) is 71.1 Å². The molecule has 1 heterocycles. The van der Waals surface area contributed by atoms with Crippen LogP contribution >= 0.6 is 11.8 Å². The number of H-pyrrole nitrogens is 1. The number of nitrogens with zero attached hydrogens (tertiary/aromatic N) is 3. The number of thioether (sulfide) groups is 1. The van der Waals surface area contributed by atoms with Crippen LogP contribution in [0.2, 0.25) is 0 Å². The lowest BCUT2D eigenvalue weighted by atomic mass is 10.1. The number of benzene rings is 2. The molecule has 0 aliphatic rings. The summed E-state index contributed by atoms with van der Waals surface area (Å²) in [6.45, 7) is 5.07. The van der Waals surface area contributed by atoms with E-state index >= 15 is 0 Å². The molecule has 0 aliphatic carbocycles. The number of aryl methyl sites for hydroxylation is 2. The Morgan fingerprint density at radius 1 is 1.14 bits per heavy atom. The first-order chi connectivity index (χ1) is 13.5. The summed E-state index contributed by atoms with van der Waals surface area (Å²) in [4.78, 5) is 18.4. The number of amides is 1. The van der Waals surface area contributed by atoms with Gasteiger partial charge >= 0.3 is 0 Å². The Bertz CT molecular complexity index is 890. The van der Waals surface area contributed by atoms with E-state index in [1.807, 2.05) is 50.2 Å².